The van der Waals surface area contributed by atoms with Crippen LogP contribution in [0, 0.1) is 0 Å². The van der Waals surface area contributed by atoms with E-state index in [-0.39, 0.29) is 25.6 Å². The second-order valence-electron chi connectivity index (χ2n) is 11.5. The SMILES string of the molecule is CCCCCCCCCCCC(=O)OC[C@@H](COP(=O)(O)OCC[N+](C)(C)C)OC(=O)CCCCCCCC. The fourth-order valence-electron chi connectivity index (χ4n) is 3.89. The fraction of sp³-hybridized carbons (Fsp3) is 0.931. The molecule has 0 bridgehead atoms. The summed E-state index contributed by atoms with van der Waals surface area (Å²) >= 11 is 0. The number of carbonyl (C=O) groups is 2. The van der Waals surface area contributed by atoms with Crippen LogP contribution >= 0.6 is 7.82 Å². The summed E-state index contributed by atoms with van der Waals surface area (Å²) in [7, 11) is 1.48. The zero-order chi connectivity index (χ0) is 29.4. The minimum absolute atomic E-state index is 0.0352. The number of hydrogen-bond donors (Lipinski definition) is 1. The van der Waals surface area contributed by atoms with Gasteiger partial charge in [-0.25, -0.2) is 4.57 Å². The Bertz CT molecular complexity index is 668. The standard InChI is InChI=1S/C29H58NO8P/c1-6-8-10-12-14-15-16-18-19-21-28(31)35-25-27(38-29(32)22-20-17-13-11-9-7-2)26-37-39(33,34)36-24-23-30(3,4)5/h27H,6-26H2,1-5H3/p+1/t27-/m0/s1. The largest absolute Gasteiger partial charge is 0.472 e. The van der Waals surface area contributed by atoms with Gasteiger partial charge in [0, 0.05) is 12.8 Å². The van der Waals surface area contributed by atoms with Crippen molar-refractivity contribution in [3.05, 3.63) is 0 Å². The highest BCUT2D eigenvalue weighted by Crippen LogP contribution is 2.43. The van der Waals surface area contributed by atoms with Crippen LogP contribution in [0.15, 0.2) is 0 Å². The van der Waals surface area contributed by atoms with E-state index in [9.17, 15) is 19.0 Å². The van der Waals surface area contributed by atoms with Crippen LogP contribution in [0.1, 0.15) is 123 Å². The van der Waals surface area contributed by atoms with Crippen molar-refractivity contribution >= 4 is 19.8 Å². The van der Waals surface area contributed by atoms with Crippen LogP contribution in [0.3, 0.4) is 0 Å². The molecule has 0 aromatic rings. The van der Waals surface area contributed by atoms with E-state index in [0.29, 0.717) is 23.9 Å². The molecule has 0 radical (unpaired) electrons. The van der Waals surface area contributed by atoms with Crippen LogP contribution in [0.2, 0.25) is 0 Å². The van der Waals surface area contributed by atoms with Gasteiger partial charge in [0.05, 0.1) is 27.7 Å². The first-order valence-electron chi connectivity index (χ1n) is 15.3. The van der Waals surface area contributed by atoms with Crippen LogP contribution in [0.5, 0.6) is 0 Å². The molecule has 0 rings (SSSR count). The summed E-state index contributed by atoms with van der Waals surface area (Å²) in [6.07, 6.45) is 16.1. The van der Waals surface area contributed by atoms with Gasteiger partial charge >= 0.3 is 19.8 Å². The molecule has 10 heteroatoms. The van der Waals surface area contributed by atoms with E-state index in [1.807, 2.05) is 21.1 Å². The van der Waals surface area contributed by atoms with E-state index < -0.39 is 26.5 Å². The van der Waals surface area contributed by atoms with Gasteiger partial charge in [-0.3, -0.25) is 18.6 Å². The number of nitrogens with zero attached hydrogens (tertiary/aromatic N) is 1. The van der Waals surface area contributed by atoms with Crippen molar-refractivity contribution < 1.29 is 42.1 Å². The Hall–Kier alpha value is -0.990. The molecular weight excluding hydrogens is 521 g/mol. The number of esters is 2. The van der Waals surface area contributed by atoms with Crippen molar-refractivity contribution in [2.24, 2.45) is 0 Å². The molecule has 0 aliphatic heterocycles. The topological polar surface area (TPSA) is 108 Å². The highest BCUT2D eigenvalue weighted by atomic mass is 31.2. The van der Waals surface area contributed by atoms with Gasteiger partial charge in [0.25, 0.3) is 0 Å². The zero-order valence-electron chi connectivity index (χ0n) is 25.6. The second-order valence-corrected chi connectivity index (χ2v) is 13.0. The van der Waals surface area contributed by atoms with Gasteiger partial charge in [0.1, 0.15) is 19.8 Å². The third kappa shape index (κ3) is 27.0. The van der Waals surface area contributed by atoms with Gasteiger partial charge in [0.2, 0.25) is 0 Å². The molecule has 1 N–H and O–H groups in total. The van der Waals surface area contributed by atoms with Crippen LogP contribution < -0.4 is 0 Å². The Morgan fingerprint density at radius 1 is 0.692 bits per heavy atom. The molecule has 0 saturated heterocycles. The molecule has 0 aliphatic rings. The molecule has 0 fully saturated rings. The lowest BCUT2D eigenvalue weighted by molar-refractivity contribution is -0.870. The van der Waals surface area contributed by atoms with Gasteiger partial charge in [-0.05, 0) is 12.8 Å². The maximum atomic E-state index is 12.4. The number of carbonyl (C=O) groups excluding carboxylic acids is 2. The first-order chi connectivity index (χ1) is 18.5. The van der Waals surface area contributed by atoms with Crippen molar-refractivity contribution in [1.82, 2.24) is 0 Å². The number of phosphoric ester groups is 1. The second kappa shape index (κ2) is 23.7. The lowest BCUT2D eigenvalue weighted by atomic mass is 10.1. The molecule has 1 unspecified atom stereocenters. The predicted octanol–water partition coefficient (Wildman–Crippen LogP) is 6.95. The third-order valence-electron chi connectivity index (χ3n) is 6.39. The number of ether oxygens (including phenoxy) is 2. The van der Waals surface area contributed by atoms with Crippen molar-refractivity contribution in [3.63, 3.8) is 0 Å². The molecule has 0 heterocycles. The van der Waals surface area contributed by atoms with Crippen LogP contribution in [-0.4, -0.2) is 74.9 Å². The number of quaternary nitrogens is 1. The maximum absolute atomic E-state index is 12.4. The average molecular weight is 581 g/mol. The molecule has 0 aromatic heterocycles. The normalized spacial score (nSPS) is 14.1. The lowest BCUT2D eigenvalue weighted by Crippen LogP contribution is -2.37. The summed E-state index contributed by atoms with van der Waals surface area (Å²) in [5, 5.41) is 0. The van der Waals surface area contributed by atoms with Crippen molar-refractivity contribution in [2.45, 2.75) is 129 Å². The molecule has 0 aliphatic carbocycles. The smallest absolute Gasteiger partial charge is 0.462 e. The van der Waals surface area contributed by atoms with E-state index in [1.54, 1.807) is 0 Å². The van der Waals surface area contributed by atoms with Gasteiger partial charge in [-0.15, -0.1) is 0 Å². The van der Waals surface area contributed by atoms with Gasteiger partial charge in [0.15, 0.2) is 6.10 Å². The Morgan fingerprint density at radius 2 is 1.15 bits per heavy atom. The first kappa shape index (κ1) is 38.0. The van der Waals surface area contributed by atoms with E-state index in [1.165, 1.54) is 44.9 Å². The average Bonchev–Trinajstić information content (AvgIpc) is 2.85. The summed E-state index contributed by atoms with van der Waals surface area (Å²) in [6.45, 7) is 4.30. The molecule has 2 atom stereocenters. The minimum atomic E-state index is -4.34. The molecule has 0 spiro atoms. The number of hydrogen-bond acceptors (Lipinski definition) is 7. The predicted molar refractivity (Wildman–Crippen MR) is 155 cm³/mol. The maximum Gasteiger partial charge on any atom is 0.472 e. The van der Waals surface area contributed by atoms with Crippen LogP contribution in [-0.2, 0) is 32.7 Å². The summed E-state index contributed by atoms with van der Waals surface area (Å²) in [5.74, 6) is -0.811. The molecule has 232 valence electrons. The van der Waals surface area contributed by atoms with Crippen molar-refractivity contribution in [1.29, 1.82) is 0 Å². The van der Waals surface area contributed by atoms with E-state index in [0.717, 1.165) is 44.9 Å². The number of unbranched alkanes of at least 4 members (excludes halogenated alkanes) is 13. The quantitative estimate of drug-likeness (QED) is 0.0481. The third-order valence-corrected chi connectivity index (χ3v) is 7.37. The van der Waals surface area contributed by atoms with E-state index in [2.05, 4.69) is 13.8 Å². The number of phosphoric acid groups is 1. The number of rotatable bonds is 27. The summed E-state index contributed by atoms with van der Waals surface area (Å²) in [6, 6.07) is 0. The Balaban J connectivity index is 4.52. The minimum Gasteiger partial charge on any atom is -0.462 e. The molecule has 0 amide bonds. The van der Waals surface area contributed by atoms with Gasteiger partial charge in [-0.1, -0.05) is 97.3 Å². The summed E-state index contributed by atoms with van der Waals surface area (Å²) in [5.41, 5.74) is 0. The zero-order valence-corrected chi connectivity index (χ0v) is 26.5. The molecular formula is C29H59NO8P+. The highest BCUT2D eigenvalue weighted by Gasteiger charge is 2.27. The fourth-order valence-corrected chi connectivity index (χ4v) is 4.63. The molecule has 39 heavy (non-hydrogen) atoms. The van der Waals surface area contributed by atoms with Gasteiger partial charge in [-0.2, -0.15) is 0 Å². The first-order valence-corrected chi connectivity index (χ1v) is 16.8. The lowest BCUT2D eigenvalue weighted by Gasteiger charge is -2.24. The van der Waals surface area contributed by atoms with E-state index in [4.69, 9.17) is 18.5 Å². The Labute approximate surface area is 238 Å². The molecule has 0 aromatic carbocycles. The van der Waals surface area contributed by atoms with Crippen molar-refractivity contribution in [3.8, 4) is 0 Å². The Kier molecular flexibility index (Phi) is 23.1. The van der Waals surface area contributed by atoms with Crippen molar-refractivity contribution in [2.75, 3.05) is 47.5 Å². The molecule has 9 nitrogen and oxygen atoms in total. The Morgan fingerprint density at radius 3 is 1.64 bits per heavy atom. The monoisotopic (exact) mass is 580 g/mol. The van der Waals surface area contributed by atoms with E-state index >= 15 is 0 Å². The van der Waals surface area contributed by atoms with Crippen LogP contribution in [0.4, 0.5) is 0 Å². The summed E-state index contributed by atoms with van der Waals surface area (Å²) < 4.78 is 33.7. The summed E-state index contributed by atoms with van der Waals surface area (Å²) in [4.78, 5) is 34.6. The molecule has 0 saturated carbocycles. The number of likely N-dealkylation sites (N-methyl/N-ethyl adjacent to an activating group) is 1. The van der Waals surface area contributed by atoms with Gasteiger partial charge < -0.3 is 18.9 Å². The highest BCUT2D eigenvalue weighted by molar-refractivity contribution is 7.47. The van der Waals surface area contributed by atoms with Crippen LogP contribution in [0.25, 0.3) is 0 Å².